The van der Waals surface area contributed by atoms with Crippen LogP contribution in [0, 0.1) is 0 Å². The molecule has 3 aromatic rings. The number of benzene rings is 2. The number of fused-ring (bicyclic) bond motifs is 1. The standard InChI is InChI=1S/C18H15NO3S2/c1-22-10-14(17(20)21)13-7-3-2-6-12(13)11-23-18-19-15-8-4-5-9-16(15)24-18/h2-10H,11H2,1H3,(H,20,21)/b14-10+. The maximum Gasteiger partial charge on any atom is 0.339 e. The Hall–Kier alpha value is -2.31. The van der Waals surface area contributed by atoms with Crippen molar-refractivity contribution >= 4 is 44.9 Å². The van der Waals surface area contributed by atoms with Crippen molar-refractivity contribution in [2.24, 2.45) is 0 Å². The molecule has 0 radical (unpaired) electrons. The molecule has 1 heterocycles. The quantitative estimate of drug-likeness (QED) is 0.395. The number of methoxy groups -OCH3 is 1. The molecule has 24 heavy (non-hydrogen) atoms. The molecule has 0 aliphatic heterocycles. The van der Waals surface area contributed by atoms with Crippen LogP contribution in [0.25, 0.3) is 15.8 Å². The number of hydrogen-bond donors (Lipinski definition) is 1. The van der Waals surface area contributed by atoms with Crippen molar-refractivity contribution in [3.63, 3.8) is 0 Å². The van der Waals surface area contributed by atoms with Crippen molar-refractivity contribution in [1.29, 1.82) is 0 Å². The van der Waals surface area contributed by atoms with Gasteiger partial charge in [-0.2, -0.15) is 0 Å². The lowest BCUT2D eigenvalue weighted by Gasteiger charge is -2.09. The number of carbonyl (C=O) groups is 1. The SMILES string of the molecule is CO/C=C(/C(=O)O)c1ccccc1CSc1nc2ccccc2s1. The highest BCUT2D eigenvalue weighted by atomic mass is 32.2. The van der Waals surface area contributed by atoms with Gasteiger partial charge in [0, 0.05) is 5.75 Å². The first-order valence-electron chi connectivity index (χ1n) is 7.22. The van der Waals surface area contributed by atoms with E-state index in [-0.39, 0.29) is 5.57 Å². The molecule has 0 saturated carbocycles. The Balaban J connectivity index is 1.85. The summed E-state index contributed by atoms with van der Waals surface area (Å²) in [5, 5.41) is 9.40. The van der Waals surface area contributed by atoms with Crippen molar-refractivity contribution < 1.29 is 14.6 Å². The first kappa shape index (κ1) is 16.5. The number of ether oxygens (including phenoxy) is 1. The smallest absolute Gasteiger partial charge is 0.339 e. The second-order valence-corrected chi connectivity index (χ2v) is 7.22. The molecule has 1 N–H and O–H groups in total. The Bertz CT molecular complexity index is 869. The molecule has 6 heteroatoms. The average Bonchev–Trinajstić information content (AvgIpc) is 3.01. The van der Waals surface area contributed by atoms with Crippen molar-refractivity contribution in [1.82, 2.24) is 4.98 Å². The van der Waals surface area contributed by atoms with E-state index in [1.807, 2.05) is 36.4 Å². The van der Waals surface area contributed by atoms with Crippen LogP contribution in [0.3, 0.4) is 0 Å². The number of para-hydroxylation sites is 1. The van der Waals surface area contributed by atoms with Crippen LogP contribution in [0.2, 0.25) is 0 Å². The van der Waals surface area contributed by atoms with Crippen LogP contribution in [0.1, 0.15) is 11.1 Å². The van der Waals surface area contributed by atoms with Crippen molar-refractivity contribution in [3.8, 4) is 0 Å². The summed E-state index contributed by atoms with van der Waals surface area (Å²) in [5.74, 6) is -0.362. The number of aliphatic carboxylic acids is 1. The molecule has 122 valence electrons. The number of nitrogens with zero attached hydrogens (tertiary/aromatic N) is 1. The van der Waals surface area contributed by atoms with E-state index in [0.29, 0.717) is 11.3 Å². The minimum absolute atomic E-state index is 0.151. The second-order valence-electron chi connectivity index (χ2n) is 4.97. The lowest BCUT2D eigenvalue weighted by molar-refractivity contribution is -0.130. The van der Waals surface area contributed by atoms with Crippen LogP contribution in [-0.2, 0) is 15.3 Å². The first-order chi connectivity index (χ1) is 11.7. The van der Waals surface area contributed by atoms with Gasteiger partial charge in [0.15, 0.2) is 4.34 Å². The monoisotopic (exact) mass is 357 g/mol. The Kier molecular flexibility index (Phi) is 5.17. The maximum atomic E-state index is 11.5. The number of carboxylic acids is 1. The predicted molar refractivity (Wildman–Crippen MR) is 98.2 cm³/mol. The van der Waals surface area contributed by atoms with E-state index in [4.69, 9.17) is 4.74 Å². The van der Waals surface area contributed by atoms with Crippen LogP contribution in [0.15, 0.2) is 59.1 Å². The minimum Gasteiger partial charge on any atom is -0.503 e. The zero-order valence-corrected chi connectivity index (χ0v) is 14.6. The van der Waals surface area contributed by atoms with E-state index in [1.165, 1.54) is 13.4 Å². The van der Waals surface area contributed by atoms with Gasteiger partial charge in [0.25, 0.3) is 0 Å². The van der Waals surface area contributed by atoms with E-state index in [0.717, 1.165) is 20.1 Å². The lowest BCUT2D eigenvalue weighted by atomic mass is 10.0. The fourth-order valence-corrected chi connectivity index (χ4v) is 4.38. The summed E-state index contributed by atoms with van der Waals surface area (Å²) >= 11 is 3.25. The van der Waals surface area contributed by atoms with Crippen LogP contribution in [0.5, 0.6) is 0 Å². The van der Waals surface area contributed by atoms with Crippen molar-refractivity contribution in [3.05, 3.63) is 65.9 Å². The van der Waals surface area contributed by atoms with Crippen LogP contribution in [-0.4, -0.2) is 23.2 Å². The van der Waals surface area contributed by atoms with Crippen molar-refractivity contribution in [2.75, 3.05) is 7.11 Å². The highest BCUT2D eigenvalue weighted by molar-refractivity contribution is 8.00. The Morgan fingerprint density at radius 1 is 1.25 bits per heavy atom. The molecule has 2 aromatic carbocycles. The van der Waals surface area contributed by atoms with Gasteiger partial charge >= 0.3 is 5.97 Å². The Morgan fingerprint density at radius 2 is 2.00 bits per heavy atom. The third kappa shape index (κ3) is 3.60. The zero-order valence-electron chi connectivity index (χ0n) is 12.9. The predicted octanol–water partition coefficient (Wildman–Crippen LogP) is 4.66. The summed E-state index contributed by atoms with van der Waals surface area (Å²) in [6.45, 7) is 0. The van der Waals surface area contributed by atoms with Gasteiger partial charge in [0.2, 0.25) is 0 Å². The molecule has 4 nitrogen and oxygen atoms in total. The van der Waals surface area contributed by atoms with Crippen LogP contribution < -0.4 is 0 Å². The molecule has 0 spiro atoms. The third-order valence-electron chi connectivity index (χ3n) is 3.40. The molecule has 0 saturated heterocycles. The van der Waals surface area contributed by atoms with Gasteiger partial charge in [-0.05, 0) is 23.3 Å². The number of hydrogen-bond acceptors (Lipinski definition) is 5. The summed E-state index contributed by atoms with van der Waals surface area (Å²) in [7, 11) is 1.45. The molecule has 0 aliphatic carbocycles. The molecule has 3 rings (SSSR count). The molecule has 0 amide bonds. The Morgan fingerprint density at radius 3 is 2.75 bits per heavy atom. The topological polar surface area (TPSA) is 59.4 Å². The highest BCUT2D eigenvalue weighted by Gasteiger charge is 2.15. The van der Waals surface area contributed by atoms with Gasteiger partial charge in [-0.1, -0.05) is 48.2 Å². The summed E-state index contributed by atoms with van der Waals surface area (Å²) in [4.78, 5) is 16.1. The molecule has 0 unspecified atom stereocenters. The largest absolute Gasteiger partial charge is 0.503 e. The molecule has 0 bridgehead atoms. The van der Waals surface area contributed by atoms with Crippen LogP contribution >= 0.6 is 23.1 Å². The number of thioether (sulfide) groups is 1. The molecule has 0 aliphatic rings. The highest BCUT2D eigenvalue weighted by Crippen LogP contribution is 2.33. The third-order valence-corrected chi connectivity index (χ3v) is 5.63. The molecular formula is C18H15NO3S2. The first-order valence-corrected chi connectivity index (χ1v) is 9.02. The summed E-state index contributed by atoms with van der Waals surface area (Å²) in [6.07, 6.45) is 1.27. The van der Waals surface area contributed by atoms with E-state index in [1.54, 1.807) is 29.2 Å². The Labute approximate surface area is 147 Å². The van der Waals surface area contributed by atoms with E-state index in [2.05, 4.69) is 11.1 Å². The van der Waals surface area contributed by atoms with E-state index in [9.17, 15) is 9.90 Å². The fourth-order valence-electron chi connectivity index (χ4n) is 2.31. The number of thiazole rings is 1. The van der Waals surface area contributed by atoms with E-state index < -0.39 is 5.97 Å². The lowest BCUT2D eigenvalue weighted by Crippen LogP contribution is -2.03. The molecule has 0 atom stereocenters. The van der Waals surface area contributed by atoms with Gasteiger partial charge in [0.05, 0.1) is 23.6 Å². The van der Waals surface area contributed by atoms with Gasteiger partial charge in [0.1, 0.15) is 5.57 Å². The maximum absolute atomic E-state index is 11.5. The summed E-state index contributed by atoms with van der Waals surface area (Å²) in [6, 6.07) is 15.5. The normalized spacial score (nSPS) is 11.6. The van der Waals surface area contributed by atoms with E-state index >= 15 is 0 Å². The average molecular weight is 357 g/mol. The van der Waals surface area contributed by atoms with Gasteiger partial charge in [-0.25, -0.2) is 9.78 Å². The minimum atomic E-state index is -1.01. The molecular weight excluding hydrogens is 342 g/mol. The zero-order chi connectivity index (χ0) is 16.9. The number of rotatable bonds is 6. The second kappa shape index (κ2) is 7.51. The summed E-state index contributed by atoms with van der Waals surface area (Å²) in [5.41, 5.74) is 2.75. The van der Waals surface area contributed by atoms with Gasteiger partial charge in [-0.3, -0.25) is 0 Å². The van der Waals surface area contributed by atoms with Gasteiger partial charge in [-0.15, -0.1) is 11.3 Å². The van der Waals surface area contributed by atoms with Crippen LogP contribution in [0.4, 0.5) is 0 Å². The summed E-state index contributed by atoms with van der Waals surface area (Å²) < 4.78 is 7.04. The number of carboxylic acid groups (broad SMARTS) is 1. The molecule has 0 fully saturated rings. The fraction of sp³-hybridized carbons (Fsp3) is 0.111. The van der Waals surface area contributed by atoms with Gasteiger partial charge < -0.3 is 9.84 Å². The van der Waals surface area contributed by atoms with Crippen molar-refractivity contribution in [2.45, 2.75) is 10.1 Å². The molecule has 1 aromatic heterocycles. The number of aromatic nitrogens is 1.